The Kier molecular flexibility index (Phi) is 2.96. The number of nitrogens with zero attached hydrogens (tertiary/aromatic N) is 1. The largest absolute Gasteiger partial charge is 0.399 e. The van der Waals surface area contributed by atoms with Gasteiger partial charge in [0.25, 0.3) is 0 Å². The molecule has 0 aliphatic carbocycles. The first-order valence-corrected chi connectivity index (χ1v) is 5.88. The van der Waals surface area contributed by atoms with E-state index < -0.39 is 0 Å². The van der Waals surface area contributed by atoms with Gasteiger partial charge in [-0.1, -0.05) is 18.2 Å². The summed E-state index contributed by atoms with van der Waals surface area (Å²) in [4.78, 5) is 4.32. The minimum Gasteiger partial charge on any atom is -0.399 e. The van der Waals surface area contributed by atoms with E-state index in [1.807, 2.05) is 30.3 Å². The maximum Gasteiger partial charge on any atom is 0.184 e. The van der Waals surface area contributed by atoms with E-state index in [1.165, 1.54) is 0 Å². The summed E-state index contributed by atoms with van der Waals surface area (Å²) in [5, 5.41) is 0. The molecule has 2 N–H and O–H groups in total. The standard InChI is InChI=1S/C14H14N2O2/c15-12-4-5-16-13(9-12)10-2-1-3-11(8-10)14-17-6-7-18-14/h1-5,8-9,14H,6-7H2,(H2,15,16). The molecule has 0 amide bonds. The maximum atomic E-state index is 5.77. The average molecular weight is 242 g/mol. The number of hydrogen-bond acceptors (Lipinski definition) is 4. The molecular formula is C14H14N2O2. The molecule has 1 fully saturated rings. The lowest BCUT2D eigenvalue weighted by molar-refractivity contribution is -0.0440. The number of nitrogens with two attached hydrogens (primary N) is 1. The van der Waals surface area contributed by atoms with Gasteiger partial charge in [0.05, 0.1) is 18.9 Å². The normalized spacial score (nSPS) is 16.0. The van der Waals surface area contributed by atoms with Crippen LogP contribution in [-0.4, -0.2) is 18.2 Å². The van der Waals surface area contributed by atoms with Crippen LogP contribution in [0.5, 0.6) is 0 Å². The summed E-state index contributed by atoms with van der Waals surface area (Å²) in [7, 11) is 0. The highest BCUT2D eigenvalue weighted by Gasteiger charge is 2.18. The van der Waals surface area contributed by atoms with Crippen LogP contribution in [0.1, 0.15) is 11.9 Å². The van der Waals surface area contributed by atoms with Crippen molar-refractivity contribution in [3.63, 3.8) is 0 Å². The fourth-order valence-electron chi connectivity index (χ4n) is 2.00. The van der Waals surface area contributed by atoms with Crippen LogP contribution in [-0.2, 0) is 9.47 Å². The van der Waals surface area contributed by atoms with Gasteiger partial charge in [-0.25, -0.2) is 0 Å². The highest BCUT2D eigenvalue weighted by atomic mass is 16.7. The van der Waals surface area contributed by atoms with Crippen LogP contribution in [0.15, 0.2) is 42.6 Å². The molecule has 92 valence electrons. The van der Waals surface area contributed by atoms with Gasteiger partial charge in [0.15, 0.2) is 6.29 Å². The highest BCUT2D eigenvalue weighted by Crippen LogP contribution is 2.27. The number of ether oxygens (including phenoxy) is 2. The summed E-state index contributed by atoms with van der Waals surface area (Å²) >= 11 is 0. The molecule has 0 unspecified atom stereocenters. The lowest BCUT2D eigenvalue weighted by atomic mass is 10.1. The molecule has 4 nitrogen and oxygen atoms in total. The fraction of sp³-hybridized carbons (Fsp3) is 0.214. The van der Waals surface area contributed by atoms with Crippen molar-refractivity contribution in [3.05, 3.63) is 48.2 Å². The number of hydrogen-bond donors (Lipinski definition) is 1. The molecule has 2 heterocycles. The lowest BCUT2D eigenvalue weighted by Gasteiger charge is -2.10. The summed E-state index contributed by atoms with van der Waals surface area (Å²) in [5.74, 6) is 0. The molecule has 1 aliphatic rings. The van der Waals surface area contributed by atoms with E-state index in [0.717, 1.165) is 16.8 Å². The first-order valence-electron chi connectivity index (χ1n) is 5.88. The van der Waals surface area contributed by atoms with E-state index in [0.29, 0.717) is 18.9 Å². The number of rotatable bonds is 2. The Balaban J connectivity index is 1.95. The van der Waals surface area contributed by atoms with Crippen molar-refractivity contribution in [1.82, 2.24) is 4.98 Å². The van der Waals surface area contributed by atoms with Gasteiger partial charge in [-0.05, 0) is 18.2 Å². The first-order chi connectivity index (χ1) is 8.83. The van der Waals surface area contributed by atoms with Crippen molar-refractivity contribution in [1.29, 1.82) is 0 Å². The van der Waals surface area contributed by atoms with Gasteiger partial charge in [0, 0.05) is 23.0 Å². The van der Waals surface area contributed by atoms with Gasteiger partial charge >= 0.3 is 0 Å². The number of aromatic nitrogens is 1. The quantitative estimate of drug-likeness (QED) is 0.878. The van der Waals surface area contributed by atoms with Gasteiger partial charge in [-0.15, -0.1) is 0 Å². The summed E-state index contributed by atoms with van der Waals surface area (Å²) in [5.41, 5.74) is 9.35. The molecule has 4 heteroatoms. The predicted octanol–water partition coefficient (Wildman–Crippen LogP) is 2.38. The lowest BCUT2D eigenvalue weighted by Crippen LogP contribution is -1.98. The van der Waals surface area contributed by atoms with Gasteiger partial charge in [-0.3, -0.25) is 4.98 Å². The molecule has 1 aromatic carbocycles. The summed E-state index contributed by atoms with van der Waals surface area (Å²) in [6.45, 7) is 1.29. The van der Waals surface area contributed by atoms with Crippen LogP contribution < -0.4 is 5.73 Å². The number of nitrogen functional groups attached to an aromatic ring is 1. The molecule has 1 aromatic heterocycles. The minimum absolute atomic E-state index is 0.258. The molecule has 0 saturated carbocycles. The van der Waals surface area contributed by atoms with Gasteiger partial charge in [0.1, 0.15) is 0 Å². The Bertz CT molecular complexity index is 551. The predicted molar refractivity (Wildman–Crippen MR) is 68.7 cm³/mol. The monoisotopic (exact) mass is 242 g/mol. The Morgan fingerprint density at radius 2 is 1.94 bits per heavy atom. The van der Waals surface area contributed by atoms with Crippen LogP contribution >= 0.6 is 0 Å². The average Bonchev–Trinajstić information content (AvgIpc) is 2.93. The van der Waals surface area contributed by atoms with E-state index in [9.17, 15) is 0 Å². The number of anilines is 1. The molecule has 0 bridgehead atoms. The second kappa shape index (κ2) is 4.76. The summed E-state index contributed by atoms with van der Waals surface area (Å²) < 4.78 is 11.0. The number of pyridine rings is 1. The van der Waals surface area contributed by atoms with Crippen LogP contribution in [0.2, 0.25) is 0 Å². The van der Waals surface area contributed by atoms with Gasteiger partial charge < -0.3 is 15.2 Å². The highest BCUT2D eigenvalue weighted by molar-refractivity contribution is 5.63. The van der Waals surface area contributed by atoms with E-state index >= 15 is 0 Å². The maximum absolute atomic E-state index is 5.77. The van der Waals surface area contributed by atoms with Crippen LogP contribution in [0.4, 0.5) is 5.69 Å². The number of benzene rings is 1. The van der Waals surface area contributed by atoms with E-state index in [4.69, 9.17) is 15.2 Å². The fourth-order valence-corrected chi connectivity index (χ4v) is 2.00. The van der Waals surface area contributed by atoms with Crippen molar-refractivity contribution < 1.29 is 9.47 Å². The van der Waals surface area contributed by atoms with Crippen molar-refractivity contribution in [2.45, 2.75) is 6.29 Å². The third-order valence-electron chi connectivity index (χ3n) is 2.86. The molecule has 0 radical (unpaired) electrons. The Hall–Kier alpha value is -1.91. The van der Waals surface area contributed by atoms with E-state index in [2.05, 4.69) is 4.98 Å². The zero-order valence-corrected chi connectivity index (χ0v) is 9.87. The first kappa shape index (κ1) is 11.2. The second-order valence-corrected chi connectivity index (χ2v) is 4.17. The SMILES string of the molecule is Nc1ccnc(-c2cccc(C3OCCO3)c2)c1. The summed E-state index contributed by atoms with van der Waals surface area (Å²) in [6.07, 6.45) is 1.45. The zero-order valence-electron chi connectivity index (χ0n) is 9.87. The molecule has 2 aromatic rings. The third-order valence-corrected chi connectivity index (χ3v) is 2.86. The van der Waals surface area contributed by atoms with Crippen LogP contribution in [0.3, 0.4) is 0 Å². The Labute approximate surface area is 105 Å². The van der Waals surface area contributed by atoms with Crippen LogP contribution in [0, 0.1) is 0 Å². The zero-order chi connectivity index (χ0) is 12.4. The van der Waals surface area contributed by atoms with E-state index in [1.54, 1.807) is 12.3 Å². The topological polar surface area (TPSA) is 57.4 Å². The van der Waals surface area contributed by atoms with Crippen molar-refractivity contribution in [2.75, 3.05) is 18.9 Å². The molecule has 3 rings (SSSR count). The summed E-state index contributed by atoms with van der Waals surface area (Å²) in [6, 6.07) is 11.6. The molecule has 18 heavy (non-hydrogen) atoms. The van der Waals surface area contributed by atoms with E-state index in [-0.39, 0.29) is 6.29 Å². The van der Waals surface area contributed by atoms with Crippen molar-refractivity contribution >= 4 is 5.69 Å². The van der Waals surface area contributed by atoms with Crippen molar-refractivity contribution in [2.24, 2.45) is 0 Å². The molecule has 0 spiro atoms. The second-order valence-electron chi connectivity index (χ2n) is 4.17. The van der Waals surface area contributed by atoms with Gasteiger partial charge in [-0.2, -0.15) is 0 Å². The Morgan fingerprint density at radius 3 is 2.72 bits per heavy atom. The molecule has 0 atom stereocenters. The minimum atomic E-state index is -0.258. The van der Waals surface area contributed by atoms with Gasteiger partial charge in [0.2, 0.25) is 0 Å². The molecule has 1 saturated heterocycles. The molecular weight excluding hydrogens is 228 g/mol. The van der Waals surface area contributed by atoms with Crippen molar-refractivity contribution in [3.8, 4) is 11.3 Å². The molecule has 1 aliphatic heterocycles. The third kappa shape index (κ3) is 2.20. The smallest absolute Gasteiger partial charge is 0.184 e. The van der Waals surface area contributed by atoms with Crippen LogP contribution in [0.25, 0.3) is 11.3 Å². The Morgan fingerprint density at radius 1 is 1.11 bits per heavy atom.